The van der Waals surface area contributed by atoms with Crippen molar-refractivity contribution in [2.24, 2.45) is 5.73 Å². The summed E-state index contributed by atoms with van der Waals surface area (Å²) in [5.74, 6) is -0.714. The number of carbonyl (C=O) groups excluding carboxylic acids is 1. The highest BCUT2D eigenvalue weighted by Crippen LogP contribution is 2.30. The van der Waals surface area contributed by atoms with Crippen molar-refractivity contribution in [3.63, 3.8) is 0 Å². The van der Waals surface area contributed by atoms with E-state index < -0.39 is 11.7 Å². The fraction of sp³-hybridized carbons (Fsp3) is 0.353. The van der Waals surface area contributed by atoms with E-state index in [0.29, 0.717) is 11.5 Å². The molecular weight excluding hydrogens is 345 g/mol. The first-order valence-electron chi connectivity index (χ1n) is 7.91. The molecule has 1 aromatic carbocycles. The molecule has 0 aliphatic heterocycles. The molecule has 0 bridgehead atoms. The molecule has 1 fully saturated rings. The number of anilines is 2. The molecule has 0 unspecified atom stereocenters. The summed E-state index contributed by atoms with van der Waals surface area (Å²) in [7, 11) is 0. The van der Waals surface area contributed by atoms with Crippen LogP contribution in [0, 0.1) is 17.7 Å². The van der Waals surface area contributed by atoms with E-state index in [2.05, 4.69) is 17.0 Å². The minimum absolute atomic E-state index is 0.264. The summed E-state index contributed by atoms with van der Waals surface area (Å²) in [5.41, 5.74) is 6.15. The number of rotatable bonds is 4. The Morgan fingerprint density at radius 1 is 1.32 bits per heavy atom. The van der Waals surface area contributed by atoms with Crippen molar-refractivity contribution in [1.82, 2.24) is 9.78 Å². The average molecular weight is 364 g/mol. The van der Waals surface area contributed by atoms with Gasteiger partial charge in [-0.25, -0.2) is 9.65 Å². The molecule has 1 aliphatic rings. The lowest BCUT2D eigenvalue weighted by molar-refractivity contribution is 0.100. The Balaban J connectivity index is 0.00000109. The number of aromatic nitrogens is 2. The number of hydrogen-bond acceptors (Lipinski definition) is 4. The molecule has 25 heavy (non-hydrogen) atoms. The summed E-state index contributed by atoms with van der Waals surface area (Å²) in [6.07, 6.45) is 7.27. The fourth-order valence-electron chi connectivity index (χ4n) is 2.96. The molecule has 0 radical (unpaired) electrons. The maximum Gasteiger partial charge on any atom is 0.254 e. The van der Waals surface area contributed by atoms with Gasteiger partial charge in [-0.1, -0.05) is 30.9 Å². The lowest BCUT2D eigenvalue weighted by atomic mass is 9.96. The minimum atomic E-state index is -0.572. The van der Waals surface area contributed by atoms with Gasteiger partial charge in [0.25, 0.3) is 5.91 Å². The van der Waals surface area contributed by atoms with Gasteiger partial charge in [0.1, 0.15) is 11.4 Å². The van der Waals surface area contributed by atoms with Crippen LogP contribution in [0.5, 0.6) is 0 Å². The van der Waals surface area contributed by atoms with E-state index in [4.69, 9.17) is 22.6 Å². The number of nitrogens with one attached hydrogen (secondary N) is 1. The zero-order valence-electron chi connectivity index (χ0n) is 13.6. The molecular formula is C17H19ClFN5O. The smallest absolute Gasteiger partial charge is 0.254 e. The molecule has 0 atom stereocenters. The molecule has 1 amide bonds. The topological polar surface area (TPSA) is 96.7 Å². The Hall–Kier alpha value is -2.59. The second kappa shape index (κ2) is 8.49. The Morgan fingerprint density at radius 3 is 2.60 bits per heavy atom. The maximum absolute atomic E-state index is 13.4. The molecule has 1 aliphatic carbocycles. The number of nitriles is 1. The molecule has 8 heteroatoms. The van der Waals surface area contributed by atoms with Crippen molar-refractivity contribution in [1.29, 1.82) is 5.26 Å². The van der Waals surface area contributed by atoms with E-state index in [1.807, 2.05) is 0 Å². The zero-order valence-corrected chi connectivity index (χ0v) is 14.3. The normalized spacial score (nSPS) is 14.4. The minimum Gasteiger partial charge on any atom is -0.365 e. The van der Waals surface area contributed by atoms with Crippen LogP contribution < -0.4 is 11.1 Å². The zero-order chi connectivity index (χ0) is 18.4. The molecule has 3 rings (SSSR count). The first-order chi connectivity index (χ1) is 12.0. The molecule has 132 valence electrons. The summed E-state index contributed by atoms with van der Waals surface area (Å²) < 4.78 is 15.2. The van der Waals surface area contributed by atoms with Crippen molar-refractivity contribution in [2.75, 3.05) is 5.32 Å². The van der Waals surface area contributed by atoms with Gasteiger partial charge in [0.15, 0.2) is 5.82 Å². The van der Waals surface area contributed by atoms with Gasteiger partial charge in [0, 0.05) is 23.5 Å². The highest BCUT2D eigenvalue weighted by molar-refractivity contribution is 6.30. The standard InChI is InChI=1S/C16H18ClFN4O.CHN/c17-10-6-11(18)8-12(7-10)20-16-14(15(19)23)9-22(21-16)13-4-2-1-3-5-13;1-2/h6-9,13H,1-5H2,(H2,19,23)(H,20,21);1H. The van der Waals surface area contributed by atoms with Crippen LogP contribution in [-0.4, -0.2) is 15.7 Å². The first-order valence-corrected chi connectivity index (χ1v) is 8.28. The third-order valence-electron chi connectivity index (χ3n) is 4.07. The Kier molecular flexibility index (Phi) is 6.37. The van der Waals surface area contributed by atoms with Crippen molar-refractivity contribution in [2.45, 2.75) is 38.1 Å². The number of nitrogens with two attached hydrogens (primary N) is 1. The fourth-order valence-corrected chi connectivity index (χ4v) is 3.18. The number of carbonyl (C=O) groups is 1. The average Bonchev–Trinajstić information content (AvgIpc) is 3.01. The largest absolute Gasteiger partial charge is 0.365 e. The van der Waals surface area contributed by atoms with Gasteiger partial charge in [-0.15, -0.1) is 0 Å². The Labute approximate surface area is 150 Å². The van der Waals surface area contributed by atoms with Gasteiger partial charge >= 0.3 is 0 Å². The Morgan fingerprint density at radius 2 is 2.00 bits per heavy atom. The molecule has 2 aromatic rings. The summed E-state index contributed by atoms with van der Waals surface area (Å²) in [5, 5.41) is 14.2. The van der Waals surface area contributed by atoms with Gasteiger partial charge in [0.05, 0.1) is 6.04 Å². The van der Waals surface area contributed by atoms with Gasteiger partial charge in [-0.3, -0.25) is 9.48 Å². The van der Waals surface area contributed by atoms with Gasteiger partial charge < -0.3 is 11.1 Å². The Bertz CT molecular complexity index is 747. The summed E-state index contributed by atoms with van der Waals surface area (Å²) >= 11 is 5.85. The third kappa shape index (κ3) is 4.70. The van der Waals surface area contributed by atoms with Gasteiger partial charge in [-0.05, 0) is 31.0 Å². The van der Waals surface area contributed by atoms with Crippen LogP contribution in [0.4, 0.5) is 15.9 Å². The van der Waals surface area contributed by atoms with Crippen molar-refractivity contribution in [3.05, 3.63) is 40.8 Å². The number of benzene rings is 1. The van der Waals surface area contributed by atoms with Crippen LogP contribution in [0.3, 0.4) is 0 Å². The molecule has 6 nitrogen and oxygen atoms in total. The number of hydrogen-bond donors (Lipinski definition) is 2. The quantitative estimate of drug-likeness (QED) is 0.852. The monoisotopic (exact) mass is 363 g/mol. The van der Waals surface area contributed by atoms with Crippen LogP contribution in [0.1, 0.15) is 48.5 Å². The maximum atomic E-state index is 13.4. The lowest BCUT2D eigenvalue weighted by Crippen LogP contribution is -2.14. The van der Waals surface area contributed by atoms with E-state index >= 15 is 0 Å². The second-order valence-corrected chi connectivity index (χ2v) is 6.25. The molecule has 1 heterocycles. The first kappa shape index (κ1) is 18.7. The van der Waals surface area contributed by atoms with Crippen LogP contribution >= 0.6 is 11.6 Å². The number of primary amides is 1. The SMILES string of the molecule is C#N.NC(=O)c1cn(C2CCCCC2)nc1Nc1cc(F)cc(Cl)c1. The number of nitrogens with zero attached hydrogens (tertiary/aromatic N) is 3. The molecule has 0 spiro atoms. The molecule has 1 saturated carbocycles. The van der Waals surface area contributed by atoms with Gasteiger partial charge in [0.2, 0.25) is 0 Å². The molecule has 1 aromatic heterocycles. The third-order valence-corrected chi connectivity index (χ3v) is 4.29. The van der Waals surface area contributed by atoms with Crippen molar-refractivity contribution >= 4 is 29.0 Å². The summed E-state index contributed by atoms with van der Waals surface area (Å²) in [6, 6.07) is 4.33. The van der Waals surface area contributed by atoms with E-state index in [1.165, 1.54) is 18.6 Å². The number of halogens is 2. The lowest BCUT2D eigenvalue weighted by Gasteiger charge is -2.21. The molecule has 0 saturated heterocycles. The van der Waals surface area contributed by atoms with Crippen LogP contribution in [0.15, 0.2) is 24.4 Å². The van der Waals surface area contributed by atoms with Crippen molar-refractivity contribution < 1.29 is 9.18 Å². The molecule has 3 N–H and O–H groups in total. The van der Waals surface area contributed by atoms with Gasteiger partial charge in [-0.2, -0.15) is 5.10 Å². The van der Waals surface area contributed by atoms with Crippen LogP contribution in [0.25, 0.3) is 0 Å². The highest BCUT2D eigenvalue weighted by atomic mass is 35.5. The van der Waals surface area contributed by atoms with E-state index in [-0.39, 0.29) is 16.6 Å². The van der Waals surface area contributed by atoms with Crippen LogP contribution in [-0.2, 0) is 0 Å². The van der Waals surface area contributed by atoms with E-state index in [0.717, 1.165) is 25.7 Å². The predicted octanol–water partition coefficient (Wildman–Crippen LogP) is 4.16. The second-order valence-electron chi connectivity index (χ2n) is 5.81. The van der Waals surface area contributed by atoms with Crippen molar-refractivity contribution in [3.8, 4) is 6.57 Å². The highest BCUT2D eigenvalue weighted by Gasteiger charge is 2.21. The van der Waals surface area contributed by atoms with E-state index in [9.17, 15) is 9.18 Å². The van der Waals surface area contributed by atoms with Crippen LogP contribution in [0.2, 0.25) is 5.02 Å². The predicted molar refractivity (Wildman–Crippen MR) is 94.2 cm³/mol. The summed E-state index contributed by atoms with van der Waals surface area (Å²) in [6.45, 7) is 3.50. The van der Waals surface area contributed by atoms with E-state index in [1.54, 1.807) is 16.9 Å². The number of amides is 1. The summed E-state index contributed by atoms with van der Waals surface area (Å²) in [4.78, 5) is 11.7.